The molecular formula is C11H13N3O3S2. The molecule has 102 valence electrons. The monoisotopic (exact) mass is 299 g/mol. The van der Waals surface area contributed by atoms with Gasteiger partial charge in [-0.2, -0.15) is 0 Å². The van der Waals surface area contributed by atoms with Crippen molar-refractivity contribution in [1.29, 1.82) is 0 Å². The number of ether oxygens (including phenoxy) is 1. The summed E-state index contributed by atoms with van der Waals surface area (Å²) in [6, 6.07) is 4.29. The SMILES string of the molecule is COc1ccc(S(=O)(=O)Nc2nc(C)cs2)cc1N. The Bertz CT molecular complexity index is 695. The van der Waals surface area contributed by atoms with Crippen molar-refractivity contribution in [3.63, 3.8) is 0 Å². The lowest BCUT2D eigenvalue weighted by Gasteiger charge is -2.08. The molecule has 3 N–H and O–H groups in total. The third kappa shape index (κ3) is 2.96. The molecule has 2 rings (SSSR count). The first-order valence-corrected chi connectivity index (χ1v) is 7.67. The lowest BCUT2D eigenvalue weighted by Crippen LogP contribution is -2.13. The summed E-state index contributed by atoms with van der Waals surface area (Å²) in [6.45, 7) is 1.79. The van der Waals surface area contributed by atoms with Crippen molar-refractivity contribution in [2.75, 3.05) is 17.6 Å². The zero-order chi connectivity index (χ0) is 14.0. The summed E-state index contributed by atoms with van der Waals surface area (Å²) in [4.78, 5) is 4.12. The number of nitrogens with one attached hydrogen (secondary N) is 1. The summed E-state index contributed by atoms with van der Waals surface area (Å²) in [5, 5.41) is 2.09. The van der Waals surface area contributed by atoms with Crippen LogP contribution in [0.4, 0.5) is 10.8 Å². The smallest absolute Gasteiger partial charge is 0.263 e. The minimum absolute atomic E-state index is 0.0682. The highest BCUT2D eigenvalue weighted by atomic mass is 32.2. The highest BCUT2D eigenvalue weighted by Crippen LogP contribution is 2.26. The molecule has 0 aliphatic carbocycles. The van der Waals surface area contributed by atoms with Crippen LogP contribution in [0.15, 0.2) is 28.5 Å². The standard InChI is InChI=1S/C11H13N3O3S2/c1-7-6-18-11(13-7)14-19(15,16)8-3-4-10(17-2)9(12)5-8/h3-6H,12H2,1-2H3,(H,13,14). The van der Waals surface area contributed by atoms with Crippen molar-refractivity contribution in [1.82, 2.24) is 4.98 Å². The molecule has 0 atom stereocenters. The van der Waals surface area contributed by atoms with Crippen molar-refractivity contribution in [3.05, 3.63) is 29.3 Å². The molecule has 8 heteroatoms. The van der Waals surface area contributed by atoms with E-state index in [1.54, 1.807) is 12.3 Å². The van der Waals surface area contributed by atoms with Gasteiger partial charge in [-0.15, -0.1) is 11.3 Å². The normalized spacial score (nSPS) is 11.3. The predicted molar refractivity (Wildman–Crippen MR) is 75.1 cm³/mol. The van der Waals surface area contributed by atoms with Gasteiger partial charge in [0.1, 0.15) is 5.75 Å². The molecule has 0 spiro atoms. The fourth-order valence-electron chi connectivity index (χ4n) is 1.45. The zero-order valence-electron chi connectivity index (χ0n) is 10.4. The lowest BCUT2D eigenvalue weighted by atomic mass is 10.3. The summed E-state index contributed by atoms with van der Waals surface area (Å²) in [5.74, 6) is 0.434. The van der Waals surface area contributed by atoms with Crippen LogP contribution in [-0.2, 0) is 10.0 Å². The molecule has 0 saturated carbocycles. The number of anilines is 2. The third-order valence-corrected chi connectivity index (χ3v) is 4.69. The molecular weight excluding hydrogens is 286 g/mol. The van der Waals surface area contributed by atoms with E-state index in [9.17, 15) is 8.42 Å². The van der Waals surface area contributed by atoms with Crippen LogP contribution in [0.25, 0.3) is 0 Å². The van der Waals surface area contributed by atoms with Gasteiger partial charge in [0.15, 0.2) is 5.13 Å². The number of aromatic nitrogens is 1. The van der Waals surface area contributed by atoms with Gasteiger partial charge in [-0.05, 0) is 25.1 Å². The van der Waals surface area contributed by atoms with Crippen LogP contribution in [0, 0.1) is 6.92 Å². The number of nitrogen functional groups attached to an aromatic ring is 1. The molecule has 0 saturated heterocycles. The average Bonchev–Trinajstić information content (AvgIpc) is 2.73. The molecule has 19 heavy (non-hydrogen) atoms. The molecule has 2 aromatic rings. The number of benzene rings is 1. The van der Waals surface area contributed by atoms with Crippen molar-refractivity contribution in [2.24, 2.45) is 0 Å². The van der Waals surface area contributed by atoms with Crippen molar-refractivity contribution in [3.8, 4) is 5.75 Å². The molecule has 0 bridgehead atoms. The summed E-state index contributed by atoms with van der Waals surface area (Å²) >= 11 is 1.23. The largest absolute Gasteiger partial charge is 0.495 e. The summed E-state index contributed by atoms with van der Waals surface area (Å²) < 4.78 is 31.6. The minimum atomic E-state index is -3.69. The van der Waals surface area contributed by atoms with Crippen LogP contribution in [-0.4, -0.2) is 20.5 Å². The zero-order valence-corrected chi connectivity index (χ0v) is 12.0. The van der Waals surface area contributed by atoms with Crippen LogP contribution in [0.2, 0.25) is 0 Å². The van der Waals surface area contributed by atoms with Crippen LogP contribution in [0.5, 0.6) is 5.75 Å². The summed E-state index contributed by atoms with van der Waals surface area (Å²) in [5.41, 5.74) is 6.72. The lowest BCUT2D eigenvalue weighted by molar-refractivity contribution is 0.416. The predicted octanol–water partition coefficient (Wildman–Crippen LogP) is 1.84. The van der Waals surface area contributed by atoms with Gasteiger partial charge >= 0.3 is 0 Å². The maximum atomic E-state index is 12.1. The van der Waals surface area contributed by atoms with E-state index in [1.165, 1.54) is 36.6 Å². The van der Waals surface area contributed by atoms with E-state index < -0.39 is 10.0 Å². The Morgan fingerprint density at radius 1 is 1.42 bits per heavy atom. The van der Waals surface area contributed by atoms with Gasteiger partial charge in [-0.1, -0.05) is 0 Å². The van der Waals surface area contributed by atoms with E-state index in [1.807, 2.05) is 0 Å². The van der Waals surface area contributed by atoms with Gasteiger partial charge in [-0.3, -0.25) is 4.72 Å². The Labute approximate surface area is 115 Å². The molecule has 1 aromatic heterocycles. The van der Waals surface area contributed by atoms with Crippen LogP contribution < -0.4 is 15.2 Å². The molecule has 0 fully saturated rings. The number of hydrogen-bond donors (Lipinski definition) is 2. The van der Waals surface area contributed by atoms with E-state index in [2.05, 4.69) is 9.71 Å². The number of aryl methyl sites for hydroxylation is 1. The van der Waals surface area contributed by atoms with Gasteiger partial charge in [0, 0.05) is 5.38 Å². The summed E-state index contributed by atoms with van der Waals surface area (Å²) in [7, 11) is -2.22. The molecule has 1 aromatic carbocycles. The molecule has 6 nitrogen and oxygen atoms in total. The second kappa shape index (κ2) is 5.06. The molecule has 0 amide bonds. The number of nitrogens with zero attached hydrogens (tertiary/aromatic N) is 1. The second-order valence-corrected chi connectivity index (χ2v) is 6.34. The number of thiazole rings is 1. The quantitative estimate of drug-likeness (QED) is 0.840. The first-order valence-electron chi connectivity index (χ1n) is 5.31. The van der Waals surface area contributed by atoms with Crippen LogP contribution in [0.3, 0.4) is 0 Å². The maximum absolute atomic E-state index is 12.1. The Morgan fingerprint density at radius 2 is 2.16 bits per heavy atom. The fraction of sp³-hybridized carbons (Fsp3) is 0.182. The van der Waals surface area contributed by atoms with Gasteiger partial charge in [-0.25, -0.2) is 13.4 Å². The first kappa shape index (κ1) is 13.6. The van der Waals surface area contributed by atoms with E-state index in [0.717, 1.165) is 5.69 Å². The highest BCUT2D eigenvalue weighted by Gasteiger charge is 2.17. The molecule has 1 heterocycles. The number of nitrogens with two attached hydrogens (primary N) is 1. The van der Waals surface area contributed by atoms with Crippen molar-refractivity contribution < 1.29 is 13.2 Å². The Hall–Kier alpha value is -1.80. The van der Waals surface area contributed by atoms with E-state index >= 15 is 0 Å². The molecule has 0 aliphatic rings. The van der Waals surface area contributed by atoms with E-state index in [0.29, 0.717) is 10.9 Å². The van der Waals surface area contributed by atoms with Crippen LogP contribution in [0.1, 0.15) is 5.69 Å². The topological polar surface area (TPSA) is 94.3 Å². The van der Waals surface area contributed by atoms with Gasteiger partial charge < -0.3 is 10.5 Å². The first-order chi connectivity index (χ1) is 8.92. The number of methoxy groups -OCH3 is 1. The fourth-order valence-corrected chi connectivity index (χ4v) is 3.43. The Balaban J connectivity index is 2.31. The molecule has 0 radical (unpaired) electrons. The number of rotatable bonds is 4. The minimum Gasteiger partial charge on any atom is -0.495 e. The summed E-state index contributed by atoms with van der Waals surface area (Å²) in [6.07, 6.45) is 0. The highest BCUT2D eigenvalue weighted by molar-refractivity contribution is 7.93. The molecule has 0 aliphatic heterocycles. The Kier molecular flexibility index (Phi) is 3.63. The van der Waals surface area contributed by atoms with E-state index in [4.69, 9.17) is 10.5 Å². The second-order valence-electron chi connectivity index (χ2n) is 3.80. The van der Waals surface area contributed by atoms with Gasteiger partial charge in [0.25, 0.3) is 10.0 Å². The third-order valence-electron chi connectivity index (χ3n) is 2.35. The van der Waals surface area contributed by atoms with E-state index in [-0.39, 0.29) is 10.6 Å². The van der Waals surface area contributed by atoms with Gasteiger partial charge in [0.2, 0.25) is 0 Å². The maximum Gasteiger partial charge on any atom is 0.263 e. The average molecular weight is 299 g/mol. The molecule has 0 unspecified atom stereocenters. The Morgan fingerprint density at radius 3 is 2.68 bits per heavy atom. The van der Waals surface area contributed by atoms with Crippen molar-refractivity contribution in [2.45, 2.75) is 11.8 Å². The number of hydrogen-bond acceptors (Lipinski definition) is 6. The van der Waals surface area contributed by atoms with Gasteiger partial charge in [0.05, 0.1) is 23.4 Å². The van der Waals surface area contributed by atoms with Crippen molar-refractivity contribution >= 4 is 32.2 Å². The number of sulfonamides is 1. The van der Waals surface area contributed by atoms with Crippen LogP contribution >= 0.6 is 11.3 Å².